The van der Waals surface area contributed by atoms with E-state index in [2.05, 4.69) is 15.9 Å². The van der Waals surface area contributed by atoms with Crippen LogP contribution in [-0.2, 0) is 4.79 Å². The molecule has 0 fully saturated rings. The number of alkyl halides is 1. The molecule has 1 N–H and O–H groups in total. The highest BCUT2D eigenvalue weighted by molar-refractivity contribution is 9.10. The van der Waals surface area contributed by atoms with Gasteiger partial charge in [-0.15, -0.1) is 0 Å². The van der Waals surface area contributed by atoms with E-state index in [1.165, 1.54) is 26.4 Å². The minimum absolute atomic E-state index is 0.178. The van der Waals surface area contributed by atoms with Crippen LogP contribution in [0.25, 0.3) is 0 Å². The van der Waals surface area contributed by atoms with Crippen molar-refractivity contribution in [2.75, 3.05) is 14.2 Å². The smallest absolute Gasteiger partial charge is 0.304 e. The van der Waals surface area contributed by atoms with E-state index in [9.17, 15) is 9.59 Å². The molecule has 1 unspecified atom stereocenters. The van der Waals surface area contributed by atoms with Gasteiger partial charge in [-0.25, -0.2) is 0 Å². The standard InChI is InChI=1S/C12H12BrClO5/c1-18-9-3-6(8(14)5-10(9)19-2)12(17)7(13)4-11(15)16/h3,5,7H,4H2,1-2H3,(H,15,16). The zero-order valence-corrected chi connectivity index (χ0v) is 12.6. The maximum absolute atomic E-state index is 12.1. The molecule has 0 heterocycles. The highest BCUT2D eigenvalue weighted by Crippen LogP contribution is 2.34. The number of halogens is 2. The first-order chi connectivity index (χ1) is 8.90. The van der Waals surface area contributed by atoms with Crippen LogP contribution in [0.1, 0.15) is 16.8 Å². The van der Waals surface area contributed by atoms with E-state index >= 15 is 0 Å². The fourth-order valence-corrected chi connectivity index (χ4v) is 2.23. The van der Waals surface area contributed by atoms with Gasteiger partial charge >= 0.3 is 5.97 Å². The molecular formula is C12H12BrClO5. The Morgan fingerprint density at radius 2 is 1.84 bits per heavy atom. The van der Waals surface area contributed by atoms with Gasteiger partial charge in [0.1, 0.15) is 0 Å². The van der Waals surface area contributed by atoms with Gasteiger partial charge in [-0.1, -0.05) is 27.5 Å². The summed E-state index contributed by atoms with van der Waals surface area (Å²) in [4.78, 5) is 21.8. The van der Waals surface area contributed by atoms with Crippen LogP contribution in [0.2, 0.25) is 5.02 Å². The number of benzene rings is 1. The van der Waals surface area contributed by atoms with Gasteiger partial charge in [-0.3, -0.25) is 9.59 Å². The van der Waals surface area contributed by atoms with Gasteiger partial charge < -0.3 is 14.6 Å². The highest BCUT2D eigenvalue weighted by Gasteiger charge is 2.23. The molecule has 104 valence electrons. The van der Waals surface area contributed by atoms with E-state index in [0.717, 1.165) is 0 Å². The molecule has 0 aliphatic carbocycles. The molecule has 1 atom stereocenters. The van der Waals surface area contributed by atoms with Crippen molar-refractivity contribution < 1.29 is 24.2 Å². The van der Waals surface area contributed by atoms with Crippen molar-refractivity contribution in [3.63, 3.8) is 0 Å². The Labute approximate surface area is 123 Å². The van der Waals surface area contributed by atoms with Crippen LogP contribution in [-0.4, -0.2) is 35.9 Å². The molecule has 1 rings (SSSR count). The zero-order chi connectivity index (χ0) is 14.6. The number of aliphatic carboxylic acids is 1. The molecule has 0 aromatic heterocycles. The number of ether oxygens (including phenoxy) is 2. The SMILES string of the molecule is COc1cc(Cl)c(C(=O)C(Br)CC(=O)O)cc1OC. The number of carbonyl (C=O) groups excluding carboxylic acids is 1. The summed E-state index contributed by atoms with van der Waals surface area (Å²) in [5, 5.41) is 8.85. The molecule has 0 bridgehead atoms. The van der Waals surface area contributed by atoms with Crippen molar-refractivity contribution in [2.45, 2.75) is 11.2 Å². The second-order valence-electron chi connectivity index (χ2n) is 3.62. The first-order valence-corrected chi connectivity index (χ1v) is 6.51. The summed E-state index contributed by atoms with van der Waals surface area (Å²) in [5.74, 6) is -0.751. The van der Waals surface area contributed by atoms with Crippen LogP contribution >= 0.6 is 27.5 Å². The van der Waals surface area contributed by atoms with Crippen LogP contribution in [0.3, 0.4) is 0 Å². The fraction of sp³-hybridized carbons (Fsp3) is 0.333. The maximum atomic E-state index is 12.1. The Balaban J connectivity index is 3.13. The fourth-order valence-electron chi connectivity index (χ4n) is 1.46. The predicted octanol–water partition coefficient (Wildman–Crippen LogP) is 2.78. The number of methoxy groups -OCH3 is 2. The van der Waals surface area contributed by atoms with E-state index in [0.29, 0.717) is 11.5 Å². The zero-order valence-electron chi connectivity index (χ0n) is 10.3. The van der Waals surface area contributed by atoms with Crippen molar-refractivity contribution >= 4 is 39.3 Å². The monoisotopic (exact) mass is 350 g/mol. The van der Waals surface area contributed by atoms with E-state index in [4.69, 9.17) is 26.2 Å². The molecule has 0 radical (unpaired) electrons. The molecule has 19 heavy (non-hydrogen) atoms. The van der Waals surface area contributed by atoms with E-state index in [1.54, 1.807) is 0 Å². The van der Waals surface area contributed by atoms with Crippen molar-refractivity contribution in [1.82, 2.24) is 0 Å². The van der Waals surface area contributed by atoms with Crippen LogP contribution in [0, 0.1) is 0 Å². The number of Topliss-reactive ketones (excluding diaryl/α,β-unsaturated/α-hetero) is 1. The van der Waals surface area contributed by atoms with Gasteiger partial charge in [0.25, 0.3) is 0 Å². The molecule has 0 aliphatic heterocycles. The number of rotatable bonds is 6. The Bertz CT molecular complexity index is 503. The first-order valence-electron chi connectivity index (χ1n) is 5.22. The second-order valence-corrected chi connectivity index (χ2v) is 5.13. The van der Waals surface area contributed by atoms with Crippen molar-refractivity contribution in [3.8, 4) is 11.5 Å². The van der Waals surface area contributed by atoms with Gasteiger partial charge in [-0.05, 0) is 6.07 Å². The molecule has 1 aromatic rings. The summed E-state index contributed by atoms with van der Waals surface area (Å²) < 4.78 is 10.1. The first kappa shape index (κ1) is 15.8. The van der Waals surface area contributed by atoms with Crippen molar-refractivity contribution in [2.24, 2.45) is 0 Å². The van der Waals surface area contributed by atoms with E-state index in [-0.39, 0.29) is 17.0 Å². The minimum Gasteiger partial charge on any atom is -0.493 e. The van der Waals surface area contributed by atoms with Crippen LogP contribution < -0.4 is 9.47 Å². The molecule has 5 nitrogen and oxygen atoms in total. The number of hydrogen-bond acceptors (Lipinski definition) is 4. The number of hydrogen-bond donors (Lipinski definition) is 1. The van der Waals surface area contributed by atoms with Crippen LogP contribution in [0.4, 0.5) is 0 Å². The lowest BCUT2D eigenvalue weighted by Gasteiger charge is -2.12. The van der Waals surface area contributed by atoms with Gasteiger partial charge in [0.05, 0.1) is 30.5 Å². The summed E-state index contributed by atoms with van der Waals surface area (Å²) in [6, 6.07) is 2.88. The third-order valence-electron chi connectivity index (χ3n) is 2.38. The maximum Gasteiger partial charge on any atom is 0.304 e. The van der Waals surface area contributed by atoms with Crippen LogP contribution in [0.5, 0.6) is 11.5 Å². The Morgan fingerprint density at radius 3 is 2.32 bits per heavy atom. The average Bonchev–Trinajstić information content (AvgIpc) is 2.36. The summed E-state index contributed by atoms with van der Waals surface area (Å²) in [7, 11) is 2.89. The molecule has 0 aliphatic rings. The molecule has 0 spiro atoms. The molecule has 0 saturated heterocycles. The lowest BCUT2D eigenvalue weighted by molar-refractivity contribution is -0.136. The molecule has 7 heteroatoms. The number of ketones is 1. The topological polar surface area (TPSA) is 72.8 Å². The lowest BCUT2D eigenvalue weighted by Crippen LogP contribution is -2.18. The van der Waals surface area contributed by atoms with Gasteiger partial charge in [-0.2, -0.15) is 0 Å². The van der Waals surface area contributed by atoms with Gasteiger partial charge in [0.2, 0.25) is 0 Å². The largest absolute Gasteiger partial charge is 0.493 e. The number of carbonyl (C=O) groups is 2. The van der Waals surface area contributed by atoms with Crippen molar-refractivity contribution in [3.05, 3.63) is 22.7 Å². The number of carboxylic acids is 1. The molecular weight excluding hydrogens is 339 g/mol. The van der Waals surface area contributed by atoms with E-state index in [1.807, 2.05) is 0 Å². The third-order valence-corrected chi connectivity index (χ3v) is 3.43. The minimum atomic E-state index is -1.08. The Morgan fingerprint density at radius 1 is 1.32 bits per heavy atom. The summed E-state index contributed by atoms with van der Waals surface area (Å²) in [6.45, 7) is 0. The third kappa shape index (κ3) is 3.84. The van der Waals surface area contributed by atoms with Crippen molar-refractivity contribution in [1.29, 1.82) is 0 Å². The van der Waals surface area contributed by atoms with Gasteiger partial charge in [0, 0.05) is 11.6 Å². The molecule has 0 saturated carbocycles. The average molecular weight is 352 g/mol. The lowest BCUT2D eigenvalue weighted by atomic mass is 10.1. The summed E-state index contributed by atoms with van der Waals surface area (Å²) in [5.41, 5.74) is 0.183. The van der Waals surface area contributed by atoms with E-state index < -0.39 is 16.6 Å². The predicted molar refractivity (Wildman–Crippen MR) is 73.9 cm³/mol. The Hall–Kier alpha value is -1.27. The quantitative estimate of drug-likeness (QED) is 0.630. The van der Waals surface area contributed by atoms with Gasteiger partial charge in [0.15, 0.2) is 17.3 Å². The highest BCUT2D eigenvalue weighted by atomic mass is 79.9. The Kier molecular flexibility index (Phi) is 5.62. The molecule has 0 amide bonds. The normalized spacial score (nSPS) is 11.8. The second kappa shape index (κ2) is 6.77. The number of carboxylic acid groups (broad SMARTS) is 1. The summed E-state index contributed by atoms with van der Waals surface area (Å²) in [6.07, 6.45) is -0.330. The molecule has 1 aromatic carbocycles. The summed E-state index contributed by atoms with van der Waals surface area (Å²) >= 11 is 9.02. The van der Waals surface area contributed by atoms with Crippen LogP contribution in [0.15, 0.2) is 12.1 Å².